The minimum atomic E-state index is -1.66. The maximum absolute atomic E-state index is 10.3. The molecule has 0 saturated carbocycles. The third-order valence-corrected chi connectivity index (χ3v) is 0.785. The first-order valence-electron chi connectivity index (χ1n) is 2.42. The molecule has 0 bridgehead atoms. The van der Waals surface area contributed by atoms with E-state index in [4.69, 9.17) is 5.11 Å². The first-order valence-corrected chi connectivity index (χ1v) is 2.42. The molecule has 0 aromatic rings. The summed E-state index contributed by atoms with van der Waals surface area (Å²) in [7, 11) is 0. The van der Waals surface area contributed by atoms with Crippen LogP contribution in [0.25, 0.3) is 0 Å². The van der Waals surface area contributed by atoms with E-state index in [1.807, 2.05) is 0 Å². The van der Waals surface area contributed by atoms with Crippen molar-refractivity contribution in [2.45, 2.75) is 13.0 Å². The van der Waals surface area contributed by atoms with Gasteiger partial charge in [0.25, 0.3) is 12.6 Å². The van der Waals surface area contributed by atoms with Gasteiger partial charge in [-0.05, 0) is 6.92 Å². The molecular weight excluding hydrogens is 140 g/mol. The zero-order valence-electron chi connectivity index (χ0n) is 5.23. The van der Waals surface area contributed by atoms with Gasteiger partial charge in [-0.15, -0.1) is 0 Å². The molecule has 0 rings (SSSR count). The molecule has 0 fully saturated rings. The van der Waals surface area contributed by atoms with E-state index in [1.165, 1.54) is 0 Å². The normalized spacial score (nSPS) is 11.7. The van der Waals surface area contributed by atoms with Crippen LogP contribution in [-0.4, -0.2) is 29.4 Å². The molecule has 0 heterocycles. The van der Waals surface area contributed by atoms with Gasteiger partial charge in [0.15, 0.2) is 5.78 Å². The Bertz CT molecular complexity index is 147. The van der Waals surface area contributed by atoms with Crippen molar-refractivity contribution in [2.75, 3.05) is 0 Å². The van der Waals surface area contributed by atoms with Gasteiger partial charge in [0.2, 0.25) is 0 Å². The van der Waals surface area contributed by atoms with Gasteiger partial charge in [0, 0.05) is 0 Å². The summed E-state index contributed by atoms with van der Waals surface area (Å²) in [5.74, 6) is -2.17. The highest BCUT2D eigenvalue weighted by Gasteiger charge is 2.23. The topological polar surface area (TPSA) is 80.7 Å². The van der Waals surface area contributed by atoms with Crippen molar-refractivity contribution in [1.29, 1.82) is 0 Å². The Kier molecular flexibility index (Phi) is 3.10. The molecule has 5 nitrogen and oxygen atoms in total. The van der Waals surface area contributed by atoms with Crippen LogP contribution in [0.15, 0.2) is 0 Å². The minimum absolute atomic E-state index is 0.0693. The zero-order chi connectivity index (χ0) is 8.15. The molecule has 1 unspecified atom stereocenters. The van der Waals surface area contributed by atoms with Crippen LogP contribution in [0.4, 0.5) is 0 Å². The third-order valence-electron chi connectivity index (χ3n) is 0.785. The lowest BCUT2D eigenvalue weighted by atomic mass is 10.2. The highest BCUT2D eigenvalue weighted by molar-refractivity contribution is 6.00. The number of hydrogen-bond acceptors (Lipinski definition) is 4. The van der Waals surface area contributed by atoms with E-state index in [0.29, 0.717) is 0 Å². The zero-order valence-corrected chi connectivity index (χ0v) is 5.23. The van der Waals surface area contributed by atoms with Crippen LogP contribution < -0.4 is 0 Å². The number of carbonyl (C=O) groups excluding carboxylic acids is 2. The van der Waals surface area contributed by atoms with Crippen molar-refractivity contribution in [1.82, 2.24) is 0 Å². The van der Waals surface area contributed by atoms with E-state index in [9.17, 15) is 14.4 Å². The molecule has 0 saturated heterocycles. The molecule has 0 aromatic heterocycles. The fraction of sp³-hybridized carbons (Fsp3) is 0.400. The Balaban J connectivity index is 4.11. The second kappa shape index (κ2) is 3.60. The lowest BCUT2D eigenvalue weighted by Gasteiger charge is -2.03. The van der Waals surface area contributed by atoms with Crippen LogP contribution in [0.5, 0.6) is 0 Å². The van der Waals surface area contributed by atoms with Crippen molar-refractivity contribution in [2.24, 2.45) is 0 Å². The molecule has 0 aliphatic rings. The van der Waals surface area contributed by atoms with Crippen LogP contribution in [-0.2, 0) is 19.1 Å². The van der Waals surface area contributed by atoms with E-state index in [1.54, 1.807) is 0 Å². The maximum Gasteiger partial charge on any atom is 0.352 e. The second-order valence-corrected chi connectivity index (χ2v) is 1.56. The summed E-state index contributed by atoms with van der Waals surface area (Å²) in [5, 5.41) is 8.17. The third kappa shape index (κ3) is 2.25. The summed E-state index contributed by atoms with van der Waals surface area (Å²) in [5.41, 5.74) is 0. The fourth-order valence-corrected chi connectivity index (χ4v) is 0.383. The van der Waals surface area contributed by atoms with Crippen LogP contribution in [0.2, 0.25) is 0 Å². The number of ketones is 1. The molecule has 0 radical (unpaired) electrons. The standard InChI is InChI=1S/C5H6O5/c1-3(7)4(5(8)9)10-2-6/h2,4H,1H3,(H,8,9). The molecule has 0 aliphatic carbocycles. The van der Waals surface area contributed by atoms with Crippen molar-refractivity contribution in [3.63, 3.8) is 0 Å². The molecule has 0 aromatic carbocycles. The lowest BCUT2D eigenvalue weighted by molar-refractivity contribution is -0.160. The second-order valence-electron chi connectivity index (χ2n) is 1.56. The Labute approximate surface area is 56.6 Å². The van der Waals surface area contributed by atoms with Crippen LogP contribution in [0, 0.1) is 0 Å². The van der Waals surface area contributed by atoms with E-state index < -0.39 is 17.9 Å². The van der Waals surface area contributed by atoms with E-state index >= 15 is 0 Å². The Morgan fingerprint density at radius 3 is 2.20 bits per heavy atom. The van der Waals surface area contributed by atoms with Gasteiger partial charge in [-0.25, -0.2) is 4.79 Å². The molecule has 5 heteroatoms. The smallest absolute Gasteiger partial charge is 0.352 e. The predicted octanol–water partition coefficient (Wildman–Crippen LogP) is -0.798. The summed E-state index contributed by atoms with van der Waals surface area (Å²) in [4.78, 5) is 29.9. The Morgan fingerprint density at radius 1 is 1.60 bits per heavy atom. The van der Waals surface area contributed by atoms with Gasteiger partial charge >= 0.3 is 5.97 Å². The molecule has 0 amide bonds. The number of ether oxygens (including phenoxy) is 1. The first kappa shape index (κ1) is 8.61. The number of carboxylic acids is 1. The molecule has 10 heavy (non-hydrogen) atoms. The summed E-state index contributed by atoms with van der Waals surface area (Å²) in [6, 6.07) is 0. The largest absolute Gasteiger partial charge is 0.478 e. The summed E-state index contributed by atoms with van der Waals surface area (Å²) >= 11 is 0. The lowest BCUT2D eigenvalue weighted by Crippen LogP contribution is -2.30. The van der Waals surface area contributed by atoms with E-state index in [2.05, 4.69) is 4.74 Å². The van der Waals surface area contributed by atoms with Gasteiger partial charge in [0.1, 0.15) is 0 Å². The van der Waals surface area contributed by atoms with Gasteiger partial charge in [-0.3, -0.25) is 9.59 Å². The SMILES string of the molecule is CC(=O)C(OC=O)C(=O)O. The number of Topliss-reactive ketones (excluding diaryl/α,β-unsaturated/α-hetero) is 1. The van der Waals surface area contributed by atoms with Crippen molar-refractivity contribution < 1.29 is 24.2 Å². The molecule has 1 N–H and O–H groups in total. The summed E-state index contributed by atoms with van der Waals surface area (Å²) in [6.45, 7) is 0.961. The quantitative estimate of drug-likeness (QED) is 0.415. The number of carboxylic acid groups (broad SMARTS) is 1. The molecule has 0 aliphatic heterocycles. The van der Waals surface area contributed by atoms with Crippen LogP contribution in [0.3, 0.4) is 0 Å². The molecule has 1 atom stereocenters. The molecule has 0 spiro atoms. The summed E-state index contributed by atoms with van der Waals surface area (Å²) < 4.78 is 3.94. The molecular formula is C5H6O5. The average molecular weight is 146 g/mol. The number of hydrogen-bond donors (Lipinski definition) is 1. The maximum atomic E-state index is 10.3. The van der Waals surface area contributed by atoms with Gasteiger partial charge in [0.05, 0.1) is 0 Å². The van der Waals surface area contributed by atoms with E-state index in [-0.39, 0.29) is 6.47 Å². The van der Waals surface area contributed by atoms with Gasteiger partial charge in [-0.1, -0.05) is 0 Å². The average Bonchev–Trinajstić information content (AvgIpc) is 1.81. The number of rotatable bonds is 4. The Hall–Kier alpha value is -1.39. The van der Waals surface area contributed by atoms with Crippen LogP contribution in [0.1, 0.15) is 6.92 Å². The monoisotopic (exact) mass is 146 g/mol. The van der Waals surface area contributed by atoms with Crippen molar-refractivity contribution >= 4 is 18.2 Å². The highest BCUT2D eigenvalue weighted by atomic mass is 16.5. The van der Waals surface area contributed by atoms with E-state index in [0.717, 1.165) is 6.92 Å². The van der Waals surface area contributed by atoms with Crippen LogP contribution >= 0.6 is 0 Å². The minimum Gasteiger partial charge on any atom is -0.478 e. The fourth-order valence-electron chi connectivity index (χ4n) is 0.383. The number of carbonyl (C=O) groups is 3. The highest BCUT2D eigenvalue weighted by Crippen LogP contribution is 1.90. The first-order chi connectivity index (χ1) is 4.59. The van der Waals surface area contributed by atoms with Crippen molar-refractivity contribution in [3.8, 4) is 0 Å². The number of aliphatic carboxylic acids is 1. The Morgan fingerprint density at radius 2 is 2.10 bits per heavy atom. The van der Waals surface area contributed by atoms with Gasteiger partial charge in [-0.2, -0.15) is 0 Å². The summed E-state index contributed by atoms with van der Waals surface area (Å²) in [6.07, 6.45) is -1.66. The molecule has 56 valence electrons. The van der Waals surface area contributed by atoms with Crippen molar-refractivity contribution in [3.05, 3.63) is 0 Å². The van der Waals surface area contributed by atoms with Gasteiger partial charge < -0.3 is 9.84 Å². The predicted molar refractivity (Wildman–Crippen MR) is 29.3 cm³/mol.